The summed E-state index contributed by atoms with van der Waals surface area (Å²) in [5.41, 5.74) is 1.59. The first kappa shape index (κ1) is 21.2. The first-order valence-electron chi connectivity index (χ1n) is 9.39. The lowest BCUT2D eigenvalue weighted by Gasteiger charge is -2.14. The van der Waals surface area contributed by atoms with Gasteiger partial charge < -0.3 is 19.5 Å². The molecule has 8 heteroatoms. The molecule has 0 unspecified atom stereocenters. The molecule has 30 heavy (non-hydrogen) atoms. The number of nitrogens with one attached hydrogen (secondary N) is 1. The predicted octanol–water partition coefficient (Wildman–Crippen LogP) is 3.67. The number of hydrogen-bond acceptors (Lipinski definition) is 5. The minimum absolute atomic E-state index is 0.181. The van der Waals surface area contributed by atoms with E-state index < -0.39 is 5.82 Å². The van der Waals surface area contributed by atoms with E-state index >= 15 is 0 Å². The molecule has 0 saturated heterocycles. The predicted molar refractivity (Wildman–Crippen MR) is 111 cm³/mol. The SMILES string of the molecule is COc1ccc(CCC(=O)Nc2ccnn2Cc2cccc(OC)c2OC)cc1F. The first-order chi connectivity index (χ1) is 14.5. The third-order valence-corrected chi connectivity index (χ3v) is 4.65. The number of rotatable bonds is 9. The second-order valence-corrected chi connectivity index (χ2v) is 6.54. The topological polar surface area (TPSA) is 74.6 Å². The first-order valence-corrected chi connectivity index (χ1v) is 9.39. The Hall–Kier alpha value is -3.55. The number of aromatic nitrogens is 2. The van der Waals surface area contributed by atoms with Crippen LogP contribution in [0, 0.1) is 5.82 Å². The molecule has 0 fully saturated rings. The number of hydrogen-bond donors (Lipinski definition) is 1. The molecule has 1 N–H and O–H groups in total. The Labute approximate surface area is 174 Å². The minimum atomic E-state index is -0.444. The molecule has 0 saturated carbocycles. The molecular formula is C22H24FN3O4. The van der Waals surface area contributed by atoms with E-state index in [9.17, 15) is 9.18 Å². The van der Waals surface area contributed by atoms with Gasteiger partial charge in [-0.2, -0.15) is 5.10 Å². The zero-order valence-corrected chi connectivity index (χ0v) is 17.1. The maximum Gasteiger partial charge on any atom is 0.225 e. The Morgan fingerprint density at radius 3 is 2.57 bits per heavy atom. The standard InChI is InChI=1S/C22H24FN3O4/c1-28-18-9-7-15(13-17(18)23)8-10-21(27)25-20-11-12-24-26(20)14-16-5-4-6-19(29-2)22(16)30-3/h4-7,9,11-13H,8,10,14H2,1-3H3,(H,25,27). The Kier molecular flexibility index (Phi) is 6.90. The highest BCUT2D eigenvalue weighted by Gasteiger charge is 2.13. The van der Waals surface area contributed by atoms with Crippen molar-refractivity contribution in [3.63, 3.8) is 0 Å². The Bertz CT molecular complexity index is 1020. The van der Waals surface area contributed by atoms with Crippen LogP contribution in [0.4, 0.5) is 10.2 Å². The number of amides is 1. The fraction of sp³-hybridized carbons (Fsp3) is 0.273. The van der Waals surface area contributed by atoms with Gasteiger partial charge >= 0.3 is 0 Å². The highest BCUT2D eigenvalue weighted by atomic mass is 19.1. The van der Waals surface area contributed by atoms with Crippen LogP contribution in [0.3, 0.4) is 0 Å². The lowest BCUT2D eigenvalue weighted by Crippen LogP contribution is -2.16. The molecule has 0 spiro atoms. The molecule has 3 aromatic rings. The third-order valence-electron chi connectivity index (χ3n) is 4.65. The smallest absolute Gasteiger partial charge is 0.225 e. The van der Waals surface area contributed by atoms with E-state index in [-0.39, 0.29) is 18.1 Å². The summed E-state index contributed by atoms with van der Waals surface area (Å²) in [5, 5.41) is 7.14. The quantitative estimate of drug-likeness (QED) is 0.579. The van der Waals surface area contributed by atoms with Crippen molar-refractivity contribution in [3.8, 4) is 17.2 Å². The van der Waals surface area contributed by atoms with E-state index in [2.05, 4.69) is 10.4 Å². The Morgan fingerprint density at radius 1 is 1.07 bits per heavy atom. The number of para-hydroxylation sites is 1. The molecule has 1 heterocycles. The van der Waals surface area contributed by atoms with Gasteiger partial charge in [-0.05, 0) is 30.2 Å². The summed E-state index contributed by atoms with van der Waals surface area (Å²) in [5.74, 6) is 1.35. The number of methoxy groups -OCH3 is 3. The average molecular weight is 413 g/mol. The highest BCUT2D eigenvalue weighted by Crippen LogP contribution is 2.31. The van der Waals surface area contributed by atoms with Crippen LogP contribution in [0.1, 0.15) is 17.5 Å². The molecule has 0 aliphatic heterocycles. The van der Waals surface area contributed by atoms with E-state index in [4.69, 9.17) is 14.2 Å². The van der Waals surface area contributed by atoms with Gasteiger partial charge in [-0.1, -0.05) is 18.2 Å². The summed E-state index contributed by atoms with van der Waals surface area (Å²) >= 11 is 0. The van der Waals surface area contributed by atoms with Crippen molar-refractivity contribution in [2.75, 3.05) is 26.6 Å². The normalized spacial score (nSPS) is 10.5. The van der Waals surface area contributed by atoms with Crippen LogP contribution >= 0.6 is 0 Å². The lowest BCUT2D eigenvalue weighted by molar-refractivity contribution is -0.116. The van der Waals surface area contributed by atoms with Gasteiger partial charge in [-0.3, -0.25) is 4.79 Å². The lowest BCUT2D eigenvalue weighted by atomic mass is 10.1. The van der Waals surface area contributed by atoms with Crippen LogP contribution in [0.5, 0.6) is 17.2 Å². The van der Waals surface area contributed by atoms with Gasteiger partial charge in [0.2, 0.25) is 5.91 Å². The van der Waals surface area contributed by atoms with Gasteiger partial charge in [0.05, 0.1) is 34.1 Å². The van der Waals surface area contributed by atoms with Crippen LogP contribution < -0.4 is 19.5 Å². The molecule has 3 rings (SSSR count). The van der Waals surface area contributed by atoms with Crippen LogP contribution in [0.15, 0.2) is 48.7 Å². The summed E-state index contributed by atoms with van der Waals surface area (Å²) in [6.07, 6.45) is 2.23. The summed E-state index contributed by atoms with van der Waals surface area (Å²) in [6.45, 7) is 0.396. The maximum absolute atomic E-state index is 13.8. The molecule has 0 aliphatic rings. The number of ether oxygens (including phenoxy) is 3. The monoisotopic (exact) mass is 413 g/mol. The van der Waals surface area contributed by atoms with Crippen LogP contribution in [0.2, 0.25) is 0 Å². The minimum Gasteiger partial charge on any atom is -0.494 e. The number of anilines is 1. The highest BCUT2D eigenvalue weighted by molar-refractivity contribution is 5.90. The molecule has 0 atom stereocenters. The number of benzene rings is 2. The van der Waals surface area contributed by atoms with Gasteiger partial charge in [0.1, 0.15) is 5.82 Å². The van der Waals surface area contributed by atoms with E-state index in [1.54, 1.807) is 43.3 Å². The second-order valence-electron chi connectivity index (χ2n) is 6.54. The largest absolute Gasteiger partial charge is 0.494 e. The molecule has 1 aromatic heterocycles. The fourth-order valence-corrected chi connectivity index (χ4v) is 3.13. The van der Waals surface area contributed by atoms with Crippen molar-refractivity contribution in [2.45, 2.75) is 19.4 Å². The summed E-state index contributed by atoms with van der Waals surface area (Å²) in [6, 6.07) is 12.0. The number of halogens is 1. The van der Waals surface area contributed by atoms with Gasteiger partial charge in [-0.25, -0.2) is 9.07 Å². The van der Waals surface area contributed by atoms with E-state index in [1.165, 1.54) is 13.2 Å². The third kappa shape index (κ3) is 4.89. The van der Waals surface area contributed by atoms with Crippen molar-refractivity contribution in [2.24, 2.45) is 0 Å². The fourth-order valence-electron chi connectivity index (χ4n) is 3.13. The number of carbonyl (C=O) groups is 1. The number of aryl methyl sites for hydroxylation is 1. The number of carbonyl (C=O) groups excluding carboxylic acids is 1. The average Bonchev–Trinajstić information content (AvgIpc) is 3.18. The summed E-state index contributed by atoms with van der Waals surface area (Å²) in [7, 11) is 4.57. The van der Waals surface area contributed by atoms with Crippen molar-refractivity contribution in [1.29, 1.82) is 0 Å². The molecule has 2 aromatic carbocycles. The molecule has 158 valence electrons. The van der Waals surface area contributed by atoms with Crippen molar-refractivity contribution in [3.05, 3.63) is 65.6 Å². The van der Waals surface area contributed by atoms with Crippen LogP contribution in [-0.2, 0) is 17.8 Å². The van der Waals surface area contributed by atoms with Gasteiger partial charge in [0.15, 0.2) is 23.1 Å². The van der Waals surface area contributed by atoms with Crippen LogP contribution in [0.25, 0.3) is 0 Å². The molecule has 0 bridgehead atoms. The van der Waals surface area contributed by atoms with Gasteiger partial charge in [0, 0.05) is 18.1 Å². The van der Waals surface area contributed by atoms with Gasteiger partial charge in [-0.15, -0.1) is 0 Å². The Morgan fingerprint density at radius 2 is 1.87 bits per heavy atom. The molecule has 0 radical (unpaired) electrons. The van der Waals surface area contributed by atoms with E-state index in [0.717, 1.165) is 11.1 Å². The molecule has 7 nitrogen and oxygen atoms in total. The molecule has 0 aliphatic carbocycles. The zero-order valence-electron chi connectivity index (χ0n) is 17.1. The Balaban J connectivity index is 1.64. The van der Waals surface area contributed by atoms with Crippen LogP contribution in [-0.4, -0.2) is 37.0 Å². The van der Waals surface area contributed by atoms with Crippen molar-refractivity contribution < 1.29 is 23.4 Å². The number of nitrogens with zero attached hydrogens (tertiary/aromatic N) is 2. The maximum atomic E-state index is 13.8. The molecule has 1 amide bonds. The zero-order chi connectivity index (χ0) is 21.5. The molecular weight excluding hydrogens is 389 g/mol. The van der Waals surface area contributed by atoms with E-state index in [0.29, 0.717) is 30.3 Å². The second kappa shape index (κ2) is 9.78. The van der Waals surface area contributed by atoms with E-state index in [1.807, 2.05) is 18.2 Å². The van der Waals surface area contributed by atoms with Crippen molar-refractivity contribution in [1.82, 2.24) is 9.78 Å². The summed E-state index contributed by atoms with van der Waals surface area (Å²) in [4.78, 5) is 12.4. The van der Waals surface area contributed by atoms with Crippen molar-refractivity contribution >= 4 is 11.7 Å². The summed E-state index contributed by atoms with van der Waals surface area (Å²) < 4.78 is 31.2. The van der Waals surface area contributed by atoms with Gasteiger partial charge in [0.25, 0.3) is 0 Å².